The summed E-state index contributed by atoms with van der Waals surface area (Å²) in [4.78, 5) is 37.7. The van der Waals surface area contributed by atoms with E-state index in [9.17, 15) is 14.4 Å². The number of para-hydroxylation sites is 1. The molecule has 0 saturated heterocycles. The molecule has 4 aromatic rings. The maximum atomic E-state index is 12.9. The number of ether oxygens (including phenoxy) is 2. The number of benzene rings is 4. The van der Waals surface area contributed by atoms with Crippen molar-refractivity contribution in [3.8, 4) is 11.1 Å². The van der Waals surface area contributed by atoms with Crippen LogP contribution in [-0.4, -0.2) is 43.5 Å². The molecule has 1 unspecified atom stereocenters. The smallest absolute Gasteiger partial charge is 0.340 e. The molecule has 1 atom stereocenters. The Hall–Kier alpha value is -4.75. The third-order valence-electron chi connectivity index (χ3n) is 6.69. The minimum Gasteiger partial charge on any atom is -0.464 e. The van der Waals surface area contributed by atoms with Crippen LogP contribution in [0.4, 0.5) is 5.69 Å². The molecular weight excluding hydrogens is 528 g/mol. The van der Waals surface area contributed by atoms with Crippen LogP contribution in [0.2, 0.25) is 0 Å². The van der Waals surface area contributed by atoms with Crippen LogP contribution in [0, 0.1) is 0 Å². The zero-order valence-electron chi connectivity index (χ0n) is 24.0. The van der Waals surface area contributed by atoms with Crippen molar-refractivity contribution in [2.45, 2.75) is 32.9 Å². The molecule has 4 rings (SSSR count). The van der Waals surface area contributed by atoms with Crippen molar-refractivity contribution >= 4 is 23.4 Å². The van der Waals surface area contributed by atoms with E-state index in [0.29, 0.717) is 29.8 Å². The van der Waals surface area contributed by atoms with Crippen molar-refractivity contribution in [1.29, 1.82) is 0 Å². The predicted octanol–water partition coefficient (Wildman–Crippen LogP) is 6.09. The number of nitrogens with one attached hydrogen (secondary N) is 2. The summed E-state index contributed by atoms with van der Waals surface area (Å²) in [6.45, 7) is 4.87. The van der Waals surface area contributed by atoms with Gasteiger partial charge in [-0.2, -0.15) is 0 Å². The second kappa shape index (κ2) is 15.3. The van der Waals surface area contributed by atoms with Crippen LogP contribution in [0.15, 0.2) is 103 Å². The number of hydrogen-bond donors (Lipinski definition) is 2. The van der Waals surface area contributed by atoms with Crippen molar-refractivity contribution < 1.29 is 23.9 Å². The van der Waals surface area contributed by atoms with Crippen molar-refractivity contribution in [3.05, 3.63) is 125 Å². The molecule has 0 bridgehead atoms. The number of Topliss-reactive ketones (excluding diaryl/α,β-unsaturated/α-hetero) is 1. The van der Waals surface area contributed by atoms with E-state index in [1.165, 1.54) is 0 Å². The molecule has 42 heavy (non-hydrogen) atoms. The third kappa shape index (κ3) is 8.38. The van der Waals surface area contributed by atoms with Crippen molar-refractivity contribution in [1.82, 2.24) is 5.32 Å². The average Bonchev–Trinajstić information content (AvgIpc) is 3.02. The summed E-state index contributed by atoms with van der Waals surface area (Å²) in [5.41, 5.74) is 5.68. The van der Waals surface area contributed by atoms with E-state index >= 15 is 0 Å². The number of carbonyl (C=O) groups is 3. The van der Waals surface area contributed by atoms with Crippen LogP contribution in [0.25, 0.3) is 11.1 Å². The Morgan fingerprint density at radius 3 is 2.17 bits per heavy atom. The van der Waals surface area contributed by atoms with Gasteiger partial charge in [-0.15, -0.1) is 0 Å². The highest BCUT2D eigenvalue weighted by molar-refractivity contribution is 5.97. The van der Waals surface area contributed by atoms with Crippen LogP contribution in [0.5, 0.6) is 0 Å². The molecule has 0 amide bonds. The number of anilines is 1. The van der Waals surface area contributed by atoms with Gasteiger partial charge in [-0.1, -0.05) is 84.9 Å². The first-order valence-corrected chi connectivity index (χ1v) is 14.1. The molecule has 4 aromatic carbocycles. The van der Waals surface area contributed by atoms with E-state index in [1.807, 2.05) is 72.8 Å². The first-order valence-electron chi connectivity index (χ1n) is 14.1. The molecule has 0 fully saturated rings. The Balaban J connectivity index is 1.42. The molecule has 7 nitrogen and oxygen atoms in total. The monoisotopic (exact) mass is 564 g/mol. The van der Waals surface area contributed by atoms with Crippen molar-refractivity contribution in [2.24, 2.45) is 0 Å². The minimum absolute atomic E-state index is 0.0577. The summed E-state index contributed by atoms with van der Waals surface area (Å²) in [5, 5.41) is 6.44. The van der Waals surface area contributed by atoms with Gasteiger partial charge in [0.25, 0.3) is 0 Å². The van der Waals surface area contributed by atoms with Gasteiger partial charge in [-0.25, -0.2) is 9.59 Å². The molecule has 2 N–H and O–H groups in total. The molecule has 0 spiro atoms. The SMILES string of the molecule is CCOC(=O)c1ccccc1NC(Cc1ccc(-c2cccc(CNCC(=O)c3ccccc3)c2)cc1)C(=O)OCC. The zero-order valence-corrected chi connectivity index (χ0v) is 24.0. The molecular formula is C35H36N2O5. The van der Waals surface area contributed by atoms with E-state index in [4.69, 9.17) is 9.47 Å². The summed E-state index contributed by atoms with van der Waals surface area (Å²) >= 11 is 0. The standard InChI is InChI=1S/C35H36N2O5/c1-3-41-34(39)30-15-8-9-16-31(30)37-32(35(40)42-4-2)22-25-17-19-27(20-18-25)29-14-10-11-26(21-29)23-36-24-33(38)28-12-6-5-7-13-28/h5-21,32,36-37H,3-4,22-24H2,1-2H3. The molecule has 0 aliphatic rings. The lowest BCUT2D eigenvalue weighted by molar-refractivity contribution is -0.144. The second-order valence-electron chi connectivity index (χ2n) is 9.71. The first-order chi connectivity index (χ1) is 20.5. The quantitative estimate of drug-likeness (QED) is 0.141. The topological polar surface area (TPSA) is 93.7 Å². The molecule has 0 saturated carbocycles. The molecule has 0 aromatic heterocycles. The van der Waals surface area contributed by atoms with Crippen LogP contribution < -0.4 is 10.6 Å². The van der Waals surface area contributed by atoms with E-state index in [1.54, 1.807) is 38.1 Å². The van der Waals surface area contributed by atoms with Gasteiger partial charge in [0.15, 0.2) is 5.78 Å². The fourth-order valence-corrected chi connectivity index (χ4v) is 4.60. The van der Waals surface area contributed by atoms with Crippen LogP contribution >= 0.6 is 0 Å². The largest absolute Gasteiger partial charge is 0.464 e. The highest BCUT2D eigenvalue weighted by Crippen LogP contribution is 2.23. The second-order valence-corrected chi connectivity index (χ2v) is 9.71. The fraction of sp³-hybridized carbons (Fsp3) is 0.229. The van der Waals surface area contributed by atoms with E-state index in [2.05, 4.69) is 16.7 Å². The van der Waals surface area contributed by atoms with Crippen molar-refractivity contribution in [2.75, 3.05) is 25.1 Å². The number of esters is 2. The molecule has 7 heteroatoms. The Morgan fingerprint density at radius 1 is 0.714 bits per heavy atom. The lowest BCUT2D eigenvalue weighted by Crippen LogP contribution is -2.34. The predicted molar refractivity (Wildman–Crippen MR) is 165 cm³/mol. The molecule has 0 aliphatic carbocycles. The number of rotatable bonds is 14. The number of ketones is 1. The van der Waals surface area contributed by atoms with Gasteiger partial charge in [0.1, 0.15) is 6.04 Å². The van der Waals surface area contributed by atoms with Gasteiger partial charge in [-0.3, -0.25) is 4.79 Å². The van der Waals surface area contributed by atoms with Gasteiger partial charge in [0.05, 0.1) is 25.3 Å². The maximum Gasteiger partial charge on any atom is 0.340 e. The summed E-state index contributed by atoms with van der Waals surface area (Å²) in [7, 11) is 0. The number of carbonyl (C=O) groups excluding carboxylic acids is 3. The Labute approximate surface area is 246 Å². The van der Waals surface area contributed by atoms with Gasteiger partial charge in [-0.05, 0) is 54.3 Å². The Kier molecular flexibility index (Phi) is 11.0. The minimum atomic E-state index is -0.695. The normalized spacial score (nSPS) is 11.4. The fourth-order valence-electron chi connectivity index (χ4n) is 4.60. The lowest BCUT2D eigenvalue weighted by atomic mass is 9.99. The molecule has 0 heterocycles. The van der Waals surface area contributed by atoms with Gasteiger partial charge >= 0.3 is 11.9 Å². The zero-order chi connectivity index (χ0) is 29.7. The van der Waals surface area contributed by atoms with Gasteiger partial charge in [0.2, 0.25) is 0 Å². The highest BCUT2D eigenvalue weighted by Gasteiger charge is 2.23. The van der Waals surface area contributed by atoms with Crippen LogP contribution in [-0.2, 0) is 27.2 Å². The van der Waals surface area contributed by atoms with Gasteiger partial charge < -0.3 is 20.1 Å². The summed E-state index contributed by atoms with van der Waals surface area (Å²) in [6.07, 6.45) is 0.371. The first kappa shape index (κ1) is 30.2. The average molecular weight is 565 g/mol. The highest BCUT2D eigenvalue weighted by atomic mass is 16.5. The molecule has 216 valence electrons. The maximum absolute atomic E-state index is 12.9. The van der Waals surface area contributed by atoms with Crippen LogP contribution in [0.3, 0.4) is 0 Å². The van der Waals surface area contributed by atoms with Crippen LogP contribution in [0.1, 0.15) is 45.7 Å². The molecule has 0 radical (unpaired) electrons. The van der Waals surface area contributed by atoms with E-state index in [-0.39, 0.29) is 25.5 Å². The van der Waals surface area contributed by atoms with E-state index < -0.39 is 18.0 Å². The van der Waals surface area contributed by atoms with E-state index in [0.717, 1.165) is 22.3 Å². The summed E-state index contributed by atoms with van der Waals surface area (Å²) in [6, 6.07) is 31.7. The van der Waals surface area contributed by atoms with Gasteiger partial charge in [0, 0.05) is 24.2 Å². The third-order valence-corrected chi connectivity index (χ3v) is 6.69. The molecule has 0 aliphatic heterocycles. The summed E-state index contributed by atoms with van der Waals surface area (Å²) < 4.78 is 10.5. The summed E-state index contributed by atoms with van der Waals surface area (Å²) in [5.74, 6) is -0.790. The van der Waals surface area contributed by atoms with Crippen molar-refractivity contribution in [3.63, 3.8) is 0 Å². The number of hydrogen-bond acceptors (Lipinski definition) is 7. The Morgan fingerprint density at radius 2 is 1.43 bits per heavy atom. The Bertz CT molecular complexity index is 1490. The lowest BCUT2D eigenvalue weighted by Gasteiger charge is -2.20.